The van der Waals surface area contributed by atoms with Gasteiger partial charge in [-0.3, -0.25) is 0 Å². The first kappa shape index (κ1) is 19.7. The van der Waals surface area contributed by atoms with Crippen molar-refractivity contribution in [2.24, 2.45) is 0 Å². The first-order valence-corrected chi connectivity index (χ1v) is 10.7. The van der Waals surface area contributed by atoms with Gasteiger partial charge < -0.3 is 9.64 Å². The highest BCUT2D eigenvalue weighted by Gasteiger charge is 2.30. The van der Waals surface area contributed by atoms with E-state index in [-0.39, 0.29) is 0 Å². The second kappa shape index (κ2) is 7.52. The molecule has 146 valence electrons. The van der Waals surface area contributed by atoms with Gasteiger partial charge in [-0.05, 0) is 62.1 Å². The Kier molecular flexibility index (Phi) is 5.49. The number of aryl methyl sites for hydroxylation is 4. The lowest BCUT2D eigenvalue weighted by molar-refractivity contribution is 0.384. The predicted octanol–water partition coefficient (Wildman–Crippen LogP) is 3.44. The van der Waals surface area contributed by atoms with E-state index in [0.29, 0.717) is 36.8 Å². The van der Waals surface area contributed by atoms with Gasteiger partial charge in [0.25, 0.3) is 0 Å². The van der Waals surface area contributed by atoms with E-state index in [1.807, 2.05) is 13.8 Å². The quantitative estimate of drug-likeness (QED) is 0.805. The Morgan fingerprint density at radius 1 is 0.852 bits per heavy atom. The summed E-state index contributed by atoms with van der Waals surface area (Å²) in [4.78, 5) is 2.67. The average Bonchev–Trinajstić information content (AvgIpc) is 2.63. The van der Waals surface area contributed by atoms with Crippen LogP contribution in [0.4, 0.5) is 5.69 Å². The van der Waals surface area contributed by atoms with Crippen LogP contribution in [0.3, 0.4) is 0 Å². The molecule has 0 aliphatic carbocycles. The molecule has 1 heterocycles. The summed E-state index contributed by atoms with van der Waals surface area (Å²) in [5, 5.41) is 0. The van der Waals surface area contributed by atoms with Crippen molar-refractivity contribution in [1.82, 2.24) is 4.31 Å². The zero-order chi connectivity index (χ0) is 19.8. The van der Waals surface area contributed by atoms with E-state index in [4.69, 9.17) is 4.74 Å². The molecule has 1 aliphatic heterocycles. The summed E-state index contributed by atoms with van der Waals surface area (Å²) >= 11 is 0. The summed E-state index contributed by atoms with van der Waals surface area (Å²) in [5.74, 6) is 0.714. The maximum Gasteiger partial charge on any atom is 0.243 e. The number of anilines is 1. The summed E-state index contributed by atoms with van der Waals surface area (Å²) in [6.07, 6.45) is 0. The van der Waals surface area contributed by atoms with Crippen LogP contribution in [0.5, 0.6) is 5.75 Å². The van der Waals surface area contributed by atoms with Crippen molar-refractivity contribution in [3.05, 3.63) is 52.6 Å². The molecular formula is C21H28N2O3S. The third-order valence-electron chi connectivity index (χ3n) is 5.30. The molecule has 0 N–H and O–H groups in total. The largest absolute Gasteiger partial charge is 0.496 e. The minimum absolute atomic E-state index is 0.376. The van der Waals surface area contributed by atoms with Crippen LogP contribution in [-0.4, -0.2) is 46.0 Å². The highest BCUT2D eigenvalue weighted by Crippen LogP contribution is 2.30. The van der Waals surface area contributed by atoms with Gasteiger partial charge in [-0.25, -0.2) is 8.42 Å². The van der Waals surface area contributed by atoms with Crippen molar-refractivity contribution in [3.8, 4) is 5.75 Å². The van der Waals surface area contributed by atoms with E-state index in [9.17, 15) is 8.42 Å². The van der Waals surface area contributed by atoms with Gasteiger partial charge in [0, 0.05) is 31.9 Å². The highest BCUT2D eigenvalue weighted by molar-refractivity contribution is 7.89. The topological polar surface area (TPSA) is 49.9 Å². The van der Waals surface area contributed by atoms with Crippen LogP contribution in [-0.2, 0) is 10.0 Å². The second-order valence-corrected chi connectivity index (χ2v) is 9.13. The second-order valence-electron chi connectivity index (χ2n) is 7.22. The Morgan fingerprint density at radius 2 is 1.44 bits per heavy atom. The minimum atomic E-state index is -3.51. The van der Waals surface area contributed by atoms with E-state index < -0.39 is 10.0 Å². The van der Waals surface area contributed by atoms with Crippen LogP contribution >= 0.6 is 0 Å². The zero-order valence-electron chi connectivity index (χ0n) is 16.7. The molecule has 2 aromatic rings. The molecule has 1 aliphatic rings. The van der Waals surface area contributed by atoms with Crippen molar-refractivity contribution >= 4 is 15.7 Å². The van der Waals surface area contributed by atoms with Crippen molar-refractivity contribution in [2.45, 2.75) is 32.6 Å². The molecule has 6 heteroatoms. The third kappa shape index (κ3) is 3.69. The fourth-order valence-corrected chi connectivity index (χ4v) is 5.57. The minimum Gasteiger partial charge on any atom is -0.496 e. The molecule has 0 aromatic heterocycles. The summed E-state index contributed by atoms with van der Waals surface area (Å²) in [6.45, 7) is 10.3. The van der Waals surface area contributed by atoms with Crippen molar-refractivity contribution in [2.75, 3.05) is 38.2 Å². The molecule has 27 heavy (non-hydrogen) atoms. The van der Waals surface area contributed by atoms with Gasteiger partial charge in [0.1, 0.15) is 5.75 Å². The molecule has 0 bridgehead atoms. The van der Waals surface area contributed by atoms with Gasteiger partial charge in [-0.2, -0.15) is 4.31 Å². The van der Waals surface area contributed by atoms with Crippen LogP contribution < -0.4 is 9.64 Å². The fourth-order valence-electron chi connectivity index (χ4n) is 3.86. The number of ether oxygens (including phenoxy) is 1. The van der Waals surface area contributed by atoms with Crippen molar-refractivity contribution < 1.29 is 13.2 Å². The van der Waals surface area contributed by atoms with Gasteiger partial charge in [0.05, 0.1) is 12.0 Å². The van der Waals surface area contributed by atoms with E-state index in [0.717, 1.165) is 11.1 Å². The Bertz CT molecular complexity index is 926. The average molecular weight is 389 g/mol. The SMILES string of the molecule is COc1cc(C)c(S(=O)(=O)N2CCN(c3c(C)cccc3C)CC2)cc1C. The van der Waals surface area contributed by atoms with Crippen LogP contribution in [0.1, 0.15) is 22.3 Å². The number of piperazine rings is 1. The van der Waals surface area contributed by atoms with Gasteiger partial charge in [0.2, 0.25) is 10.0 Å². The number of sulfonamides is 1. The molecule has 1 saturated heterocycles. The molecule has 0 radical (unpaired) electrons. The normalized spacial score (nSPS) is 15.8. The lowest BCUT2D eigenvalue weighted by Gasteiger charge is -2.37. The standard InChI is InChI=1S/C21H28N2O3S/c1-15-7-6-8-16(2)21(15)22-9-11-23(12-10-22)27(24,25)20-14-17(3)19(26-5)13-18(20)4/h6-8,13-14H,9-12H2,1-5H3. The molecule has 2 aromatic carbocycles. The molecule has 1 fully saturated rings. The molecule has 5 nitrogen and oxygen atoms in total. The molecular weight excluding hydrogens is 360 g/mol. The summed E-state index contributed by atoms with van der Waals surface area (Å²) < 4.78 is 33.3. The maximum absolute atomic E-state index is 13.2. The number of rotatable bonds is 4. The Labute approximate surface area is 162 Å². The predicted molar refractivity (Wildman–Crippen MR) is 109 cm³/mol. The molecule has 0 saturated carbocycles. The zero-order valence-corrected chi connectivity index (χ0v) is 17.6. The number of para-hydroxylation sites is 1. The number of benzene rings is 2. The monoisotopic (exact) mass is 388 g/mol. The molecule has 3 rings (SSSR count). The van der Waals surface area contributed by atoms with Crippen molar-refractivity contribution in [1.29, 1.82) is 0 Å². The Morgan fingerprint density at radius 3 is 2.00 bits per heavy atom. The van der Waals surface area contributed by atoms with E-state index >= 15 is 0 Å². The maximum atomic E-state index is 13.2. The Balaban J connectivity index is 1.82. The van der Waals surface area contributed by atoms with E-state index in [1.54, 1.807) is 23.5 Å². The molecule has 0 unspecified atom stereocenters. The molecule has 0 amide bonds. The molecule has 0 atom stereocenters. The van der Waals surface area contributed by atoms with Crippen LogP contribution in [0.2, 0.25) is 0 Å². The lowest BCUT2D eigenvalue weighted by Crippen LogP contribution is -2.49. The number of nitrogens with zero attached hydrogens (tertiary/aromatic N) is 2. The van der Waals surface area contributed by atoms with Crippen LogP contribution in [0.15, 0.2) is 35.2 Å². The van der Waals surface area contributed by atoms with Gasteiger partial charge in [-0.1, -0.05) is 18.2 Å². The smallest absolute Gasteiger partial charge is 0.243 e. The third-order valence-corrected chi connectivity index (χ3v) is 7.35. The van der Waals surface area contributed by atoms with Gasteiger partial charge in [0.15, 0.2) is 0 Å². The first-order chi connectivity index (χ1) is 12.8. The fraction of sp³-hybridized carbons (Fsp3) is 0.429. The summed E-state index contributed by atoms with van der Waals surface area (Å²) in [5.41, 5.74) is 5.23. The highest BCUT2D eigenvalue weighted by atomic mass is 32.2. The number of hydrogen-bond donors (Lipinski definition) is 0. The lowest BCUT2D eigenvalue weighted by atomic mass is 10.1. The van der Waals surface area contributed by atoms with E-state index in [1.165, 1.54) is 16.8 Å². The summed E-state index contributed by atoms with van der Waals surface area (Å²) in [7, 11) is -1.92. The van der Waals surface area contributed by atoms with E-state index in [2.05, 4.69) is 36.9 Å². The van der Waals surface area contributed by atoms with Crippen molar-refractivity contribution in [3.63, 3.8) is 0 Å². The first-order valence-electron chi connectivity index (χ1n) is 9.22. The molecule has 0 spiro atoms. The number of methoxy groups -OCH3 is 1. The van der Waals surface area contributed by atoms with Gasteiger partial charge >= 0.3 is 0 Å². The van der Waals surface area contributed by atoms with Crippen LogP contribution in [0, 0.1) is 27.7 Å². The van der Waals surface area contributed by atoms with Crippen LogP contribution in [0.25, 0.3) is 0 Å². The van der Waals surface area contributed by atoms with Gasteiger partial charge in [-0.15, -0.1) is 0 Å². The number of hydrogen-bond acceptors (Lipinski definition) is 4. The Hall–Kier alpha value is -2.05. The summed E-state index contributed by atoms with van der Waals surface area (Å²) in [6, 6.07) is 9.80.